The Kier molecular flexibility index (Phi) is 5.00. The quantitative estimate of drug-likeness (QED) is 0.819. The van der Waals surface area contributed by atoms with Gasteiger partial charge in [-0.15, -0.1) is 0 Å². The molecular weight excluding hydrogens is 220 g/mol. The van der Waals surface area contributed by atoms with E-state index in [-0.39, 0.29) is 6.42 Å². The van der Waals surface area contributed by atoms with Crippen LogP contribution in [0.4, 0.5) is 10.5 Å². The molecule has 3 N–H and O–H groups in total. The van der Waals surface area contributed by atoms with E-state index in [0.29, 0.717) is 12.1 Å². The highest BCUT2D eigenvalue weighted by Crippen LogP contribution is 2.08. The highest BCUT2D eigenvalue weighted by molar-refractivity contribution is 5.85. The Hall–Kier alpha value is -2.04. The van der Waals surface area contributed by atoms with Gasteiger partial charge in [-0.2, -0.15) is 0 Å². The first-order valence-electron chi connectivity index (χ1n) is 5.42. The van der Waals surface area contributed by atoms with Gasteiger partial charge in [0.05, 0.1) is 6.42 Å². The van der Waals surface area contributed by atoms with Gasteiger partial charge in [-0.25, -0.2) is 4.79 Å². The SMILES string of the molecule is CCC(CC(N)=O)OC(=O)Nc1ccccc1. The summed E-state index contributed by atoms with van der Waals surface area (Å²) in [4.78, 5) is 22.2. The highest BCUT2D eigenvalue weighted by Gasteiger charge is 2.14. The molecule has 0 radical (unpaired) electrons. The molecule has 5 heteroatoms. The van der Waals surface area contributed by atoms with Crippen LogP contribution in [0.25, 0.3) is 0 Å². The summed E-state index contributed by atoms with van der Waals surface area (Å²) >= 11 is 0. The Bertz CT molecular complexity index is 379. The minimum Gasteiger partial charge on any atom is -0.445 e. The number of benzene rings is 1. The molecule has 0 aliphatic heterocycles. The molecule has 2 amide bonds. The maximum absolute atomic E-state index is 11.5. The average Bonchev–Trinajstić information content (AvgIpc) is 2.28. The molecule has 1 aromatic carbocycles. The fraction of sp³-hybridized carbons (Fsp3) is 0.333. The second-order valence-electron chi connectivity index (χ2n) is 3.60. The van der Waals surface area contributed by atoms with Crippen LogP contribution >= 0.6 is 0 Å². The normalized spacial score (nSPS) is 11.6. The minimum atomic E-state index is -0.579. The standard InChI is InChI=1S/C12H16N2O3/c1-2-10(8-11(13)15)17-12(16)14-9-6-4-3-5-7-9/h3-7,10H,2,8H2,1H3,(H2,13,15)(H,14,16). The van der Waals surface area contributed by atoms with Crippen molar-refractivity contribution in [3.63, 3.8) is 0 Å². The third-order valence-corrected chi connectivity index (χ3v) is 2.18. The molecule has 0 bridgehead atoms. The largest absolute Gasteiger partial charge is 0.445 e. The number of carbonyl (C=O) groups is 2. The van der Waals surface area contributed by atoms with Crippen LogP contribution in [0.15, 0.2) is 30.3 Å². The van der Waals surface area contributed by atoms with Gasteiger partial charge < -0.3 is 10.5 Å². The van der Waals surface area contributed by atoms with Crippen molar-refractivity contribution in [2.24, 2.45) is 5.73 Å². The molecule has 17 heavy (non-hydrogen) atoms. The van der Waals surface area contributed by atoms with E-state index in [1.54, 1.807) is 24.3 Å². The van der Waals surface area contributed by atoms with Crippen molar-refractivity contribution in [2.75, 3.05) is 5.32 Å². The van der Waals surface area contributed by atoms with Crippen molar-refractivity contribution in [3.05, 3.63) is 30.3 Å². The van der Waals surface area contributed by atoms with E-state index in [1.807, 2.05) is 13.0 Å². The first-order valence-corrected chi connectivity index (χ1v) is 5.42. The molecule has 92 valence electrons. The number of anilines is 1. The maximum atomic E-state index is 11.5. The average molecular weight is 236 g/mol. The molecule has 5 nitrogen and oxygen atoms in total. The number of nitrogens with one attached hydrogen (secondary N) is 1. The Balaban J connectivity index is 2.45. The molecular formula is C12H16N2O3. The van der Waals surface area contributed by atoms with Crippen LogP contribution in [0.5, 0.6) is 0 Å². The Morgan fingerprint density at radius 1 is 1.35 bits per heavy atom. The zero-order valence-electron chi connectivity index (χ0n) is 9.68. The molecule has 1 rings (SSSR count). The molecule has 1 aromatic rings. The second-order valence-corrected chi connectivity index (χ2v) is 3.60. The second kappa shape index (κ2) is 6.52. The molecule has 0 saturated heterocycles. The van der Waals surface area contributed by atoms with E-state index < -0.39 is 18.1 Å². The zero-order valence-corrected chi connectivity index (χ0v) is 9.68. The molecule has 1 atom stereocenters. The van der Waals surface area contributed by atoms with Gasteiger partial charge in [0.25, 0.3) is 0 Å². The number of para-hydroxylation sites is 1. The van der Waals surface area contributed by atoms with Crippen molar-refractivity contribution in [2.45, 2.75) is 25.9 Å². The van der Waals surface area contributed by atoms with Crippen LogP contribution in [-0.4, -0.2) is 18.1 Å². The van der Waals surface area contributed by atoms with Gasteiger partial charge in [-0.3, -0.25) is 10.1 Å². The van der Waals surface area contributed by atoms with Crippen molar-refractivity contribution in [1.29, 1.82) is 0 Å². The number of carbonyl (C=O) groups excluding carboxylic acids is 2. The zero-order chi connectivity index (χ0) is 12.7. The molecule has 0 heterocycles. The lowest BCUT2D eigenvalue weighted by molar-refractivity contribution is -0.119. The van der Waals surface area contributed by atoms with E-state index >= 15 is 0 Å². The smallest absolute Gasteiger partial charge is 0.411 e. The van der Waals surface area contributed by atoms with Crippen molar-refractivity contribution in [1.82, 2.24) is 0 Å². The summed E-state index contributed by atoms with van der Waals surface area (Å²) in [5.41, 5.74) is 5.69. The first-order chi connectivity index (χ1) is 8.11. The van der Waals surface area contributed by atoms with Gasteiger partial charge in [-0.05, 0) is 18.6 Å². The van der Waals surface area contributed by atoms with Crippen LogP contribution in [0.2, 0.25) is 0 Å². The van der Waals surface area contributed by atoms with Crippen LogP contribution in [0, 0.1) is 0 Å². The summed E-state index contributed by atoms with van der Waals surface area (Å²) < 4.78 is 5.06. The molecule has 0 aliphatic rings. The fourth-order valence-corrected chi connectivity index (χ4v) is 1.31. The molecule has 1 unspecified atom stereocenters. The van der Waals surface area contributed by atoms with Crippen molar-refractivity contribution < 1.29 is 14.3 Å². The van der Waals surface area contributed by atoms with Gasteiger partial charge in [-0.1, -0.05) is 25.1 Å². The van der Waals surface area contributed by atoms with E-state index in [0.717, 1.165) is 0 Å². The Morgan fingerprint density at radius 3 is 2.53 bits per heavy atom. The van der Waals surface area contributed by atoms with Crippen molar-refractivity contribution >= 4 is 17.7 Å². The summed E-state index contributed by atoms with van der Waals surface area (Å²) in [6.07, 6.45) is -0.468. The number of hydrogen-bond acceptors (Lipinski definition) is 3. The highest BCUT2D eigenvalue weighted by atomic mass is 16.6. The predicted octanol–water partition coefficient (Wildman–Crippen LogP) is 1.89. The number of amides is 2. The fourth-order valence-electron chi connectivity index (χ4n) is 1.31. The van der Waals surface area contributed by atoms with Crippen LogP contribution in [-0.2, 0) is 9.53 Å². The molecule has 0 spiro atoms. The maximum Gasteiger partial charge on any atom is 0.411 e. The summed E-state index contributed by atoms with van der Waals surface area (Å²) in [6, 6.07) is 8.94. The first kappa shape index (κ1) is 13.0. The van der Waals surface area contributed by atoms with E-state index in [4.69, 9.17) is 10.5 Å². The minimum absolute atomic E-state index is 0.0404. The topological polar surface area (TPSA) is 81.4 Å². The lowest BCUT2D eigenvalue weighted by Gasteiger charge is -2.14. The lowest BCUT2D eigenvalue weighted by atomic mass is 10.2. The van der Waals surface area contributed by atoms with Gasteiger partial charge in [0.2, 0.25) is 5.91 Å². The number of nitrogens with two attached hydrogens (primary N) is 1. The van der Waals surface area contributed by atoms with Crippen molar-refractivity contribution in [3.8, 4) is 0 Å². The molecule has 0 fully saturated rings. The summed E-state index contributed by atoms with van der Waals surface area (Å²) in [7, 11) is 0. The van der Waals surface area contributed by atoms with Gasteiger partial charge in [0.15, 0.2) is 0 Å². The predicted molar refractivity (Wildman–Crippen MR) is 64.4 cm³/mol. The van der Waals surface area contributed by atoms with E-state index in [1.165, 1.54) is 0 Å². The van der Waals surface area contributed by atoms with Gasteiger partial charge >= 0.3 is 6.09 Å². The summed E-state index contributed by atoms with van der Waals surface area (Å²) in [5, 5.41) is 2.57. The Morgan fingerprint density at radius 2 is 2.00 bits per heavy atom. The lowest BCUT2D eigenvalue weighted by Crippen LogP contribution is -2.26. The van der Waals surface area contributed by atoms with Crippen LogP contribution in [0.3, 0.4) is 0 Å². The molecule has 0 aromatic heterocycles. The van der Waals surface area contributed by atoms with Gasteiger partial charge in [0, 0.05) is 5.69 Å². The Labute approximate surface area is 99.9 Å². The van der Waals surface area contributed by atoms with E-state index in [9.17, 15) is 9.59 Å². The van der Waals surface area contributed by atoms with Crippen LogP contribution in [0.1, 0.15) is 19.8 Å². The third-order valence-electron chi connectivity index (χ3n) is 2.18. The van der Waals surface area contributed by atoms with Gasteiger partial charge in [0.1, 0.15) is 6.10 Å². The third kappa shape index (κ3) is 5.01. The summed E-state index contributed by atoms with van der Waals surface area (Å²) in [5.74, 6) is -0.482. The number of primary amides is 1. The number of hydrogen-bond donors (Lipinski definition) is 2. The molecule has 0 saturated carbocycles. The monoisotopic (exact) mass is 236 g/mol. The van der Waals surface area contributed by atoms with Crippen LogP contribution < -0.4 is 11.1 Å². The number of rotatable bonds is 5. The molecule has 0 aliphatic carbocycles. The summed E-state index contributed by atoms with van der Waals surface area (Å²) in [6.45, 7) is 1.82. The number of ether oxygens (including phenoxy) is 1. The van der Waals surface area contributed by atoms with E-state index in [2.05, 4.69) is 5.32 Å².